The molecule has 0 amide bonds. The number of H-pyrrole nitrogens is 1. The smallest absolute Gasteiger partial charge is 0.342 e. The molecule has 0 spiro atoms. The Hall–Kier alpha value is -2.72. The van der Waals surface area contributed by atoms with E-state index in [9.17, 15) is 9.90 Å². The minimum absolute atomic E-state index is 0.0915. The second-order valence-corrected chi connectivity index (χ2v) is 5.77. The number of aromatic amines is 1. The van der Waals surface area contributed by atoms with Crippen molar-refractivity contribution >= 4 is 23.8 Å². The molecule has 0 aliphatic rings. The number of terminal acetylenes is 1. The largest absolute Gasteiger partial charge is 0.480 e. The first-order valence-electron chi connectivity index (χ1n) is 7.33. The lowest BCUT2D eigenvalue weighted by Crippen LogP contribution is -1.99. The van der Waals surface area contributed by atoms with Gasteiger partial charge in [0.2, 0.25) is 5.16 Å². The number of thioether (sulfide) groups is 1. The molecule has 0 unspecified atom stereocenters. The van der Waals surface area contributed by atoms with Gasteiger partial charge >= 0.3 is 5.97 Å². The van der Waals surface area contributed by atoms with E-state index in [0.717, 1.165) is 30.4 Å². The molecule has 0 radical (unpaired) electrons. The highest BCUT2D eigenvalue weighted by molar-refractivity contribution is 8.04. The molecule has 7 heteroatoms. The van der Waals surface area contributed by atoms with Crippen molar-refractivity contribution in [2.24, 2.45) is 0 Å². The molecule has 1 aromatic carbocycles. The second kappa shape index (κ2) is 8.79. The average molecular weight is 343 g/mol. The van der Waals surface area contributed by atoms with Crippen LogP contribution in [0.5, 0.6) is 5.75 Å². The highest BCUT2D eigenvalue weighted by atomic mass is 32.2. The Morgan fingerprint density at radius 2 is 2.29 bits per heavy atom. The molecule has 1 heterocycles. The number of rotatable bonds is 8. The van der Waals surface area contributed by atoms with Crippen molar-refractivity contribution in [2.75, 3.05) is 6.61 Å². The van der Waals surface area contributed by atoms with Gasteiger partial charge in [0.05, 0.1) is 0 Å². The third-order valence-electron chi connectivity index (χ3n) is 2.93. The van der Waals surface area contributed by atoms with Crippen LogP contribution in [0.25, 0.3) is 6.08 Å². The van der Waals surface area contributed by atoms with Crippen LogP contribution in [-0.4, -0.2) is 32.9 Å². The molecule has 0 fully saturated rings. The third-order valence-corrected chi connectivity index (χ3v) is 3.80. The van der Waals surface area contributed by atoms with Gasteiger partial charge < -0.3 is 9.84 Å². The lowest BCUT2D eigenvalue weighted by molar-refractivity contribution is -0.131. The summed E-state index contributed by atoms with van der Waals surface area (Å²) >= 11 is 0.983. The molecule has 24 heavy (non-hydrogen) atoms. The minimum atomic E-state index is -1.06. The first-order chi connectivity index (χ1) is 11.6. The maximum atomic E-state index is 11.5. The topological polar surface area (TPSA) is 88.1 Å². The van der Waals surface area contributed by atoms with E-state index in [2.05, 4.69) is 21.1 Å². The normalized spacial score (nSPS) is 11.1. The lowest BCUT2D eigenvalue weighted by Gasteiger charge is -2.07. The minimum Gasteiger partial charge on any atom is -0.480 e. The van der Waals surface area contributed by atoms with Crippen molar-refractivity contribution in [3.63, 3.8) is 0 Å². The van der Waals surface area contributed by atoms with E-state index in [1.807, 2.05) is 6.92 Å². The van der Waals surface area contributed by atoms with Gasteiger partial charge in [-0.3, -0.25) is 5.10 Å². The zero-order chi connectivity index (χ0) is 17.4. The highest BCUT2D eigenvalue weighted by Crippen LogP contribution is 2.29. The van der Waals surface area contributed by atoms with Crippen molar-refractivity contribution in [1.29, 1.82) is 0 Å². The fraction of sp³-hybridized carbons (Fsp3) is 0.235. The van der Waals surface area contributed by atoms with Gasteiger partial charge in [-0.25, -0.2) is 9.78 Å². The van der Waals surface area contributed by atoms with Crippen molar-refractivity contribution in [3.05, 3.63) is 40.6 Å². The summed E-state index contributed by atoms with van der Waals surface area (Å²) < 4.78 is 5.43. The fourth-order valence-electron chi connectivity index (χ4n) is 1.90. The molecule has 6 nitrogen and oxygen atoms in total. The fourth-order valence-corrected chi connectivity index (χ4v) is 2.61. The van der Waals surface area contributed by atoms with E-state index in [1.165, 1.54) is 6.08 Å². The number of carbonyl (C=O) groups is 1. The maximum absolute atomic E-state index is 11.5. The first-order valence-corrected chi connectivity index (χ1v) is 8.15. The van der Waals surface area contributed by atoms with Crippen LogP contribution in [0.4, 0.5) is 0 Å². The zero-order valence-corrected chi connectivity index (χ0v) is 14.0. The van der Waals surface area contributed by atoms with Gasteiger partial charge in [0.15, 0.2) is 0 Å². The van der Waals surface area contributed by atoms with E-state index in [-0.39, 0.29) is 11.5 Å². The Labute approximate surface area is 144 Å². The van der Waals surface area contributed by atoms with Crippen LogP contribution in [0, 0.1) is 12.3 Å². The summed E-state index contributed by atoms with van der Waals surface area (Å²) in [5, 5.41) is 16.7. The quantitative estimate of drug-likeness (QED) is 0.435. The van der Waals surface area contributed by atoms with E-state index in [0.29, 0.717) is 16.5 Å². The number of nitrogens with one attached hydrogen (secondary N) is 1. The number of nitrogens with zero attached hydrogens (tertiary/aromatic N) is 2. The second-order valence-electron chi connectivity index (χ2n) is 4.76. The van der Waals surface area contributed by atoms with Gasteiger partial charge in [0.1, 0.15) is 23.1 Å². The number of carboxylic acid groups (broad SMARTS) is 1. The van der Waals surface area contributed by atoms with Crippen LogP contribution < -0.4 is 4.74 Å². The molecule has 0 aliphatic carbocycles. The van der Waals surface area contributed by atoms with E-state index < -0.39 is 5.97 Å². The van der Waals surface area contributed by atoms with Gasteiger partial charge in [-0.2, -0.15) is 0 Å². The predicted molar refractivity (Wildman–Crippen MR) is 92.6 cm³/mol. The lowest BCUT2D eigenvalue weighted by atomic mass is 10.2. The number of para-hydroxylation sites is 1. The Kier molecular flexibility index (Phi) is 6.46. The highest BCUT2D eigenvalue weighted by Gasteiger charge is 2.14. The number of aromatic nitrogens is 3. The molecule has 0 atom stereocenters. The van der Waals surface area contributed by atoms with Crippen LogP contribution in [0.15, 0.2) is 34.3 Å². The summed E-state index contributed by atoms with van der Waals surface area (Å²) in [6, 6.07) is 7.09. The van der Waals surface area contributed by atoms with Gasteiger partial charge in [0.25, 0.3) is 0 Å². The predicted octanol–water partition coefficient (Wildman–Crippen LogP) is 2.99. The third kappa shape index (κ3) is 4.89. The van der Waals surface area contributed by atoms with Crippen molar-refractivity contribution < 1.29 is 14.6 Å². The van der Waals surface area contributed by atoms with E-state index in [1.54, 1.807) is 24.3 Å². The Balaban J connectivity index is 2.25. The molecule has 124 valence electrons. The summed E-state index contributed by atoms with van der Waals surface area (Å²) in [6.07, 6.45) is 8.42. The number of hydrogen-bond acceptors (Lipinski definition) is 5. The molecule has 0 bridgehead atoms. The Morgan fingerprint density at radius 1 is 1.50 bits per heavy atom. The summed E-state index contributed by atoms with van der Waals surface area (Å²) in [6.45, 7) is 2.15. The van der Waals surface area contributed by atoms with Crippen LogP contribution in [-0.2, 0) is 11.2 Å². The van der Waals surface area contributed by atoms with Gasteiger partial charge in [-0.15, -0.1) is 11.5 Å². The average Bonchev–Trinajstić information content (AvgIpc) is 3.01. The SMILES string of the molecule is C#CCOc1ccccc1/C=C(\Sc1n[nH]c(CCC)n1)C(=O)O. The van der Waals surface area contributed by atoms with Crippen LogP contribution in [0.3, 0.4) is 0 Å². The number of carboxylic acids is 1. The molecular weight excluding hydrogens is 326 g/mol. The molecule has 1 aromatic heterocycles. The molecule has 2 N–H and O–H groups in total. The number of aryl methyl sites for hydroxylation is 1. The molecule has 0 saturated heterocycles. The Bertz CT molecular complexity index is 777. The monoisotopic (exact) mass is 343 g/mol. The van der Waals surface area contributed by atoms with Crippen molar-refractivity contribution in [2.45, 2.75) is 24.9 Å². The van der Waals surface area contributed by atoms with Gasteiger partial charge in [0, 0.05) is 12.0 Å². The standard InChI is InChI=1S/C17H17N3O3S/c1-3-7-15-18-17(20-19-15)24-14(16(21)22)11-12-8-5-6-9-13(12)23-10-4-2/h2,5-6,8-9,11H,3,7,10H2,1H3,(H,21,22)(H,18,19,20)/b14-11-. The van der Waals surface area contributed by atoms with Gasteiger partial charge in [-0.1, -0.05) is 31.0 Å². The Morgan fingerprint density at radius 3 is 3.00 bits per heavy atom. The van der Waals surface area contributed by atoms with E-state index >= 15 is 0 Å². The molecule has 0 aliphatic heterocycles. The van der Waals surface area contributed by atoms with Crippen molar-refractivity contribution in [1.82, 2.24) is 15.2 Å². The van der Waals surface area contributed by atoms with Crippen LogP contribution in [0.2, 0.25) is 0 Å². The molecule has 2 aromatic rings. The van der Waals surface area contributed by atoms with E-state index in [4.69, 9.17) is 11.2 Å². The molecular formula is C17H17N3O3S. The summed E-state index contributed by atoms with van der Waals surface area (Å²) in [7, 11) is 0. The summed E-state index contributed by atoms with van der Waals surface area (Å²) in [5.41, 5.74) is 0.627. The van der Waals surface area contributed by atoms with Crippen LogP contribution >= 0.6 is 11.8 Å². The zero-order valence-electron chi connectivity index (χ0n) is 13.2. The molecule has 2 rings (SSSR count). The van der Waals surface area contributed by atoms with Gasteiger partial charge in [-0.05, 0) is 30.3 Å². The maximum Gasteiger partial charge on any atom is 0.342 e. The first kappa shape index (κ1) is 17.6. The van der Waals surface area contributed by atoms with Crippen molar-refractivity contribution in [3.8, 4) is 18.1 Å². The number of aliphatic carboxylic acids is 1. The summed E-state index contributed by atoms with van der Waals surface area (Å²) in [5.74, 6) is 2.59. The number of hydrogen-bond donors (Lipinski definition) is 2. The number of benzene rings is 1. The summed E-state index contributed by atoms with van der Waals surface area (Å²) in [4.78, 5) is 15.9. The van der Waals surface area contributed by atoms with Crippen LogP contribution in [0.1, 0.15) is 24.7 Å². The molecule has 0 saturated carbocycles. The number of ether oxygens (including phenoxy) is 1.